The van der Waals surface area contributed by atoms with E-state index in [1.54, 1.807) is 13.0 Å². The zero-order chi connectivity index (χ0) is 21.9. The van der Waals surface area contributed by atoms with Gasteiger partial charge in [-0.1, -0.05) is 38.4 Å². The van der Waals surface area contributed by atoms with Crippen LogP contribution >= 0.6 is 11.6 Å². The number of hydrogen-bond donors (Lipinski definition) is 1. The van der Waals surface area contributed by atoms with E-state index in [2.05, 4.69) is 25.2 Å². The van der Waals surface area contributed by atoms with Crippen molar-refractivity contribution < 1.29 is 19.1 Å². The number of allylic oxidation sites excluding steroid dienone is 2. The third-order valence-electron chi connectivity index (χ3n) is 8.70. The van der Waals surface area contributed by atoms with Crippen molar-refractivity contribution in [1.29, 1.82) is 0 Å². The second kappa shape index (κ2) is 7.22. The average Bonchev–Trinajstić information content (AvgIpc) is 2.97. The molecule has 0 saturated heterocycles. The first-order valence-electron chi connectivity index (χ1n) is 11.2. The summed E-state index contributed by atoms with van der Waals surface area (Å²) in [6.45, 7) is 8.43. The van der Waals surface area contributed by atoms with Crippen LogP contribution in [-0.4, -0.2) is 29.8 Å². The molecule has 4 aliphatic rings. The molecule has 0 radical (unpaired) electrons. The maximum absolute atomic E-state index is 12.9. The summed E-state index contributed by atoms with van der Waals surface area (Å²) in [6, 6.07) is 0. The van der Waals surface area contributed by atoms with Crippen LogP contribution in [-0.2, 0) is 19.1 Å². The first-order chi connectivity index (χ1) is 14.1. The Morgan fingerprint density at radius 3 is 2.60 bits per heavy atom. The quantitative estimate of drug-likeness (QED) is 0.671. The van der Waals surface area contributed by atoms with Crippen molar-refractivity contribution in [2.24, 2.45) is 28.6 Å². The van der Waals surface area contributed by atoms with Crippen molar-refractivity contribution in [2.45, 2.75) is 71.8 Å². The molecule has 164 valence electrons. The van der Waals surface area contributed by atoms with Crippen molar-refractivity contribution in [1.82, 2.24) is 5.32 Å². The van der Waals surface area contributed by atoms with Gasteiger partial charge in [0.15, 0.2) is 11.4 Å². The summed E-state index contributed by atoms with van der Waals surface area (Å²) >= 11 is 6.72. The lowest BCUT2D eigenvalue weighted by atomic mass is 9.49. The monoisotopic (exact) mass is 433 g/mol. The molecule has 0 aromatic carbocycles. The Bertz CT molecular complexity index is 863. The molecule has 5 nitrogen and oxygen atoms in total. The van der Waals surface area contributed by atoms with E-state index < -0.39 is 11.0 Å². The van der Waals surface area contributed by atoms with Gasteiger partial charge in [-0.05, 0) is 62.4 Å². The van der Waals surface area contributed by atoms with Crippen LogP contribution in [0.3, 0.4) is 0 Å². The lowest BCUT2D eigenvalue weighted by Gasteiger charge is -2.57. The maximum Gasteiger partial charge on any atom is 0.306 e. The summed E-state index contributed by atoms with van der Waals surface area (Å²) < 4.78 is 6.02. The normalized spacial score (nSPS) is 42.2. The lowest BCUT2D eigenvalue weighted by molar-refractivity contribution is -0.187. The number of esters is 1. The molecule has 0 spiro atoms. The molecule has 3 aliphatic carbocycles. The van der Waals surface area contributed by atoms with E-state index >= 15 is 0 Å². The molecule has 4 rings (SSSR count). The Hall–Kier alpha value is -1.62. The predicted octanol–water partition coefficient (Wildman–Crippen LogP) is 4.30. The van der Waals surface area contributed by atoms with Crippen LogP contribution < -0.4 is 5.32 Å². The number of carbonyl (C=O) groups is 3. The van der Waals surface area contributed by atoms with Gasteiger partial charge in [0.25, 0.3) is 0 Å². The summed E-state index contributed by atoms with van der Waals surface area (Å²) in [5.41, 5.74) is -0.742. The predicted molar refractivity (Wildman–Crippen MR) is 115 cm³/mol. The molecule has 2 saturated carbocycles. The zero-order valence-corrected chi connectivity index (χ0v) is 19.1. The third kappa shape index (κ3) is 2.84. The smallest absolute Gasteiger partial charge is 0.306 e. The highest BCUT2D eigenvalue weighted by atomic mass is 35.5. The molecule has 6 atom stereocenters. The minimum atomic E-state index is -1.05. The standard InChI is InChI=1S/C24H32ClNO4/c1-5-6-21(29)30-24(14(2)27)10-8-17-15-11-19(25)18-12-20(28)26-13-22(18,3)16(15)7-9-23(17,24)4/h11-12,15-17H,5-10,13H2,1-4H3,(H,26,28)/t15-,16+,17+,22-,23+,24+/m1/s1. The number of fused-ring (bicyclic) bond motifs is 5. The van der Waals surface area contributed by atoms with Crippen molar-refractivity contribution >= 4 is 29.3 Å². The van der Waals surface area contributed by atoms with Gasteiger partial charge in [0.1, 0.15) is 0 Å². The van der Waals surface area contributed by atoms with Gasteiger partial charge in [0.2, 0.25) is 5.91 Å². The van der Waals surface area contributed by atoms with Crippen molar-refractivity contribution in [3.05, 3.63) is 22.8 Å². The molecule has 6 heteroatoms. The molecular formula is C24H32ClNO4. The van der Waals surface area contributed by atoms with Gasteiger partial charge in [-0.2, -0.15) is 0 Å². The molecule has 0 aromatic heterocycles. The van der Waals surface area contributed by atoms with Crippen molar-refractivity contribution in [2.75, 3.05) is 6.54 Å². The number of nitrogens with one attached hydrogen (secondary N) is 1. The SMILES string of the molecule is CCCC(=O)O[C@]1(C(C)=O)CC[C@H]2[C@@H]3C=C(Cl)C4=CC(=O)NC[C@]4(C)[C@H]3CC[C@@]21C. The summed E-state index contributed by atoms with van der Waals surface area (Å²) in [6.07, 6.45) is 7.93. The summed E-state index contributed by atoms with van der Waals surface area (Å²) in [7, 11) is 0. The summed E-state index contributed by atoms with van der Waals surface area (Å²) in [5, 5.41) is 3.65. The van der Waals surface area contributed by atoms with E-state index in [1.807, 2.05) is 6.92 Å². The largest absolute Gasteiger partial charge is 0.450 e. The topological polar surface area (TPSA) is 72.5 Å². The minimum Gasteiger partial charge on any atom is -0.450 e. The molecule has 30 heavy (non-hydrogen) atoms. The minimum absolute atomic E-state index is 0.0435. The van der Waals surface area contributed by atoms with E-state index in [1.165, 1.54) is 0 Å². The van der Waals surface area contributed by atoms with E-state index in [4.69, 9.17) is 16.3 Å². The highest BCUT2D eigenvalue weighted by Crippen LogP contribution is 2.67. The van der Waals surface area contributed by atoms with Crippen molar-refractivity contribution in [3.63, 3.8) is 0 Å². The van der Waals surface area contributed by atoms with Gasteiger partial charge < -0.3 is 10.1 Å². The number of rotatable bonds is 4. The van der Waals surface area contributed by atoms with Crippen LogP contribution in [0.2, 0.25) is 0 Å². The van der Waals surface area contributed by atoms with Gasteiger partial charge in [-0.15, -0.1) is 0 Å². The highest BCUT2D eigenvalue weighted by Gasteiger charge is 2.67. The van der Waals surface area contributed by atoms with Crippen LogP contribution in [0.15, 0.2) is 22.8 Å². The third-order valence-corrected chi connectivity index (χ3v) is 9.03. The molecule has 0 unspecified atom stereocenters. The molecule has 0 aromatic rings. The van der Waals surface area contributed by atoms with E-state index in [0.29, 0.717) is 36.8 Å². The number of halogens is 1. The highest BCUT2D eigenvalue weighted by molar-refractivity contribution is 6.32. The van der Waals surface area contributed by atoms with E-state index in [0.717, 1.165) is 24.8 Å². The van der Waals surface area contributed by atoms with Crippen LogP contribution in [0.4, 0.5) is 0 Å². The van der Waals surface area contributed by atoms with Gasteiger partial charge >= 0.3 is 5.97 Å². The Kier molecular flexibility index (Phi) is 5.20. The fraction of sp³-hybridized carbons (Fsp3) is 0.708. The second-order valence-electron chi connectivity index (χ2n) is 10.1. The number of hydrogen-bond acceptors (Lipinski definition) is 4. The Morgan fingerprint density at radius 2 is 1.93 bits per heavy atom. The Morgan fingerprint density at radius 1 is 1.23 bits per heavy atom. The number of carbonyl (C=O) groups excluding carboxylic acids is 3. The number of amides is 1. The molecule has 0 bridgehead atoms. The summed E-state index contributed by atoms with van der Waals surface area (Å²) in [4.78, 5) is 37.4. The maximum atomic E-state index is 12.9. The first-order valence-corrected chi connectivity index (χ1v) is 11.6. The molecule has 1 amide bonds. The number of ether oxygens (including phenoxy) is 1. The van der Waals surface area contributed by atoms with E-state index in [-0.39, 0.29) is 34.9 Å². The Labute approximate surface area is 183 Å². The van der Waals surface area contributed by atoms with Crippen LogP contribution in [0.5, 0.6) is 0 Å². The lowest BCUT2D eigenvalue weighted by Crippen LogP contribution is -2.59. The molecule has 1 aliphatic heterocycles. The second-order valence-corrected chi connectivity index (χ2v) is 10.5. The number of ketones is 1. The number of Topliss-reactive ketones (excluding diaryl/α,β-unsaturated/α-hetero) is 1. The van der Waals surface area contributed by atoms with Crippen LogP contribution in [0, 0.1) is 28.6 Å². The van der Waals surface area contributed by atoms with Gasteiger partial charge in [0, 0.05) is 34.9 Å². The van der Waals surface area contributed by atoms with Crippen LogP contribution in [0.1, 0.15) is 66.2 Å². The van der Waals surface area contributed by atoms with Crippen LogP contribution in [0.25, 0.3) is 0 Å². The molecule has 2 fully saturated rings. The fourth-order valence-corrected chi connectivity index (χ4v) is 7.50. The first kappa shape index (κ1) is 21.6. The Balaban J connectivity index is 1.74. The summed E-state index contributed by atoms with van der Waals surface area (Å²) in [5.74, 6) is 0.324. The molecule has 1 heterocycles. The molecule has 1 N–H and O–H groups in total. The molecular weight excluding hydrogens is 402 g/mol. The fourth-order valence-electron chi connectivity index (χ4n) is 7.08. The van der Waals surface area contributed by atoms with E-state index in [9.17, 15) is 14.4 Å². The van der Waals surface area contributed by atoms with Crippen molar-refractivity contribution in [3.8, 4) is 0 Å². The van der Waals surface area contributed by atoms with Gasteiger partial charge in [-0.3, -0.25) is 14.4 Å². The van der Waals surface area contributed by atoms with Gasteiger partial charge in [-0.25, -0.2) is 0 Å². The average molecular weight is 434 g/mol. The zero-order valence-electron chi connectivity index (χ0n) is 18.3. The van der Waals surface area contributed by atoms with Gasteiger partial charge in [0.05, 0.1) is 0 Å².